The van der Waals surface area contributed by atoms with Crippen LogP contribution in [0.1, 0.15) is 26.2 Å². The number of halogens is 3. The second-order valence-electron chi connectivity index (χ2n) is 4.52. The van der Waals surface area contributed by atoms with E-state index in [1.165, 1.54) is 12.1 Å². The lowest BCUT2D eigenvalue weighted by Crippen LogP contribution is -2.14. The molecular weight excluding hydrogens is 290 g/mol. The summed E-state index contributed by atoms with van der Waals surface area (Å²) in [4.78, 5) is 11.7. The molecule has 1 rings (SSSR count). The van der Waals surface area contributed by atoms with Crippen LogP contribution in [0.5, 0.6) is 0 Å². The summed E-state index contributed by atoms with van der Waals surface area (Å²) in [6.45, 7) is 2.66. The van der Waals surface area contributed by atoms with Crippen LogP contribution in [0, 0.1) is 11.7 Å². The number of nitrogens with two attached hydrogens (primary N) is 1. The van der Waals surface area contributed by atoms with E-state index in [9.17, 15) is 9.18 Å². The summed E-state index contributed by atoms with van der Waals surface area (Å²) in [5, 5.41) is 2.42. The molecule has 1 amide bonds. The molecule has 3 N–H and O–H groups in total. The molecule has 0 bridgehead atoms. The van der Waals surface area contributed by atoms with Crippen molar-refractivity contribution in [2.24, 2.45) is 11.7 Å². The molecule has 0 aliphatic heterocycles. The molecule has 0 saturated heterocycles. The Morgan fingerprint density at radius 3 is 2.47 bits per heavy atom. The van der Waals surface area contributed by atoms with Crippen LogP contribution in [0.4, 0.5) is 10.1 Å². The fourth-order valence-corrected chi connectivity index (χ4v) is 2.14. The van der Waals surface area contributed by atoms with Crippen LogP contribution >= 0.6 is 23.2 Å². The predicted molar refractivity (Wildman–Crippen MR) is 77.1 cm³/mol. The van der Waals surface area contributed by atoms with Crippen molar-refractivity contribution in [1.29, 1.82) is 0 Å². The summed E-state index contributed by atoms with van der Waals surface area (Å²) in [6, 6.07) is 2.67. The molecule has 1 atom stereocenters. The highest BCUT2D eigenvalue weighted by atomic mass is 35.5. The number of carbonyl (C=O) groups excluding carboxylic acids is 1. The number of hydrogen-bond donors (Lipinski definition) is 2. The van der Waals surface area contributed by atoms with Crippen LogP contribution in [0.2, 0.25) is 10.0 Å². The fraction of sp³-hybridized carbons (Fsp3) is 0.462. The third-order valence-corrected chi connectivity index (χ3v) is 3.34. The van der Waals surface area contributed by atoms with Crippen molar-refractivity contribution in [3.05, 3.63) is 28.0 Å². The summed E-state index contributed by atoms with van der Waals surface area (Å²) in [5.41, 5.74) is 5.84. The van der Waals surface area contributed by atoms with Crippen molar-refractivity contribution in [2.45, 2.75) is 26.2 Å². The first kappa shape index (κ1) is 16.2. The molecule has 0 saturated carbocycles. The quantitative estimate of drug-likeness (QED) is 0.785. The van der Waals surface area contributed by atoms with E-state index in [0.717, 1.165) is 12.8 Å². The first-order valence-electron chi connectivity index (χ1n) is 6.08. The monoisotopic (exact) mass is 306 g/mol. The number of nitrogens with one attached hydrogen (secondary N) is 1. The normalized spacial score (nSPS) is 12.3. The maximum atomic E-state index is 13.2. The highest BCUT2D eigenvalue weighted by molar-refractivity contribution is 6.35. The molecule has 0 heterocycles. The third kappa shape index (κ3) is 5.35. The summed E-state index contributed by atoms with van der Waals surface area (Å²) in [7, 11) is 0. The molecule has 6 heteroatoms. The van der Waals surface area contributed by atoms with E-state index in [1.807, 2.05) is 6.92 Å². The van der Waals surface area contributed by atoms with Gasteiger partial charge in [0.05, 0.1) is 10.0 Å². The largest absolute Gasteiger partial charge is 0.330 e. The van der Waals surface area contributed by atoms with Gasteiger partial charge in [-0.05, 0) is 37.4 Å². The van der Waals surface area contributed by atoms with Crippen LogP contribution in [-0.4, -0.2) is 12.5 Å². The van der Waals surface area contributed by atoms with E-state index in [4.69, 9.17) is 28.9 Å². The van der Waals surface area contributed by atoms with Gasteiger partial charge in [-0.2, -0.15) is 0 Å². The highest BCUT2D eigenvalue weighted by Crippen LogP contribution is 2.27. The highest BCUT2D eigenvalue weighted by Gasteiger charge is 2.10. The number of rotatable bonds is 6. The first-order chi connectivity index (χ1) is 8.93. The Hall–Kier alpha value is -0.840. The SMILES string of the molecule is CC(CCN)CCC(=O)Nc1cc(Cl)c(F)c(Cl)c1. The van der Waals surface area contributed by atoms with Crippen molar-refractivity contribution < 1.29 is 9.18 Å². The van der Waals surface area contributed by atoms with Crippen molar-refractivity contribution in [1.82, 2.24) is 0 Å². The second-order valence-corrected chi connectivity index (χ2v) is 5.34. The average Bonchev–Trinajstić information content (AvgIpc) is 2.34. The Morgan fingerprint density at radius 2 is 1.95 bits per heavy atom. The smallest absolute Gasteiger partial charge is 0.224 e. The van der Waals surface area contributed by atoms with Gasteiger partial charge in [0.25, 0.3) is 0 Å². The minimum absolute atomic E-state index is 0.112. The van der Waals surface area contributed by atoms with Gasteiger partial charge in [-0.25, -0.2) is 4.39 Å². The summed E-state index contributed by atoms with van der Waals surface area (Å²) in [5.74, 6) is -0.434. The molecule has 0 radical (unpaired) electrons. The molecule has 1 aromatic carbocycles. The minimum Gasteiger partial charge on any atom is -0.330 e. The summed E-state index contributed by atoms with van der Waals surface area (Å²) in [6.07, 6.45) is 2.03. The molecule has 0 fully saturated rings. The van der Waals surface area contributed by atoms with Crippen LogP contribution in [0.3, 0.4) is 0 Å². The van der Waals surface area contributed by atoms with Gasteiger partial charge >= 0.3 is 0 Å². The lowest BCUT2D eigenvalue weighted by molar-refractivity contribution is -0.116. The van der Waals surface area contributed by atoms with Gasteiger partial charge in [-0.3, -0.25) is 4.79 Å². The molecule has 1 aromatic rings. The first-order valence-corrected chi connectivity index (χ1v) is 6.84. The van der Waals surface area contributed by atoms with Gasteiger partial charge in [0.15, 0.2) is 5.82 Å². The van der Waals surface area contributed by atoms with Crippen molar-refractivity contribution in [2.75, 3.05) is 11.9 Å². The zero-order valence-corrected chi connectivity index (χ0v) is 12.2. The fourth-order valence-electron chi connectivity index (χ4n) is 1.66. The van der Waals surface area contributed by atoms with Crippen molar-refractivity contribution >= 4 is 34.8 Å². The topological polar surface area (TPSA) is 55.1 Å². The second kappa shape index (κ2) is 7.68. The zero-order valence-electron chi connectivity index (χ0n) is 10.7. The van der Waals surface area contributed by atoms with Gasteiger partial charge in [-0.15, -0.1) is 0 Å². The Kier molecular flexibility index (Phi) is 6.55. The molecular formula is C13H17Cl2FN2O. The number of anilines is 1. The summed E-state index contributed by atoms with van der Waals surface area (Å²) < 4.78 is 13.2. The predicted octanol–water partition coefficient (Wildman–Crippen LogP) is 3.84. The standard InChI is InChI=1S/C13H17Cl2FN2O/c1-8(4-5-17)2-3-12(19)18-9-6-10(14)13(16)11(15)7-9/h6-8H,2-5,17H2,1H3,(H,18,19). The van der Waals surface area contributed by atoms with Gasteiger partial charge in [0.1, 0.15) is 0 Å². The lowest BCUT2D eigenvalue weighted by atomic mass is 10.0. The number of amides is 1. The van der Waals surface area contributed by atoms with E-state index in [2.05, 4.69) is 5.32 Å². The Balaban J connectivity index is 2.53. The summed E-state index contributed by atoms with van der Waals surface area (Å²) >= 11 is 11.3. The van der Waals surface area contributed by atoms with Crippen molar-refractivity contribution in [3.8, 4) is 0 Å². The van der Waals surface area contributed by atoms with Gasteiger partial charge in [0, 0.05) is 12.1 Å². The van der Waals surface area contributed by atoms with Gasteiger partial charge < -0.3 is 11.1 Å². The Morgan fingerprint density at radius 1 is 1.37 bits per heavy atom. The van der Waals surface area contributed by atoms with E-state index < -0.39 is 5.82 Å². The molecule has 0 spiro atoms. The van der Waals surface area contributed by atoms with E-state index in [-0.39, 0.29) is 16.0 Å². The van der Waals surface area contributed by atoms with E-state index in [0.29, 0.717) is 24.6 Å². The average molecular weight is 307 g/mol. The molecule has 1 unspecified atom stereocenters. The Bertz CT molecular complexity index is 431. The Labute approximate surface area is 122 Å². The lowest BCUT2D eigenvalue weighted by Gasteiger charge is -2.10. The minimum atomic E-state index is -0.682. The molecule has 106 valence electrons. The molecule has 0 aliphatic carbocycles. The molecule has 0 aliphatic rings. The van der Waals surface area contributed by atoms with Crippen LogP contribution in [0.15, 0.2) is 12.1 Å². The van der Waals surface area contributed by atoms with Crippen molar-refractivity contribution in [3.63, 3.8) is 0 Å². The van der Waals surface area contributed by atoms with Crippen LogP contribution in [0.25, 0.3) is 0 Å². The third-order valence-electron chi connectivity index (χ3n) is 2.79. The van der Waals surface area contributed by atoms with Crippen LogP contribution in [-0.2, 0) is 4.79 Å². The van der Waals surface area contributed by atoms with E-state index >= 15 is 0 Å². The van der Waals surface area contributed by atoms with Gasteiger partial charge in [-0.1, -0.05) is 30.1 Å². The zero-order chi connectivity index (χ0) is 14.4. The van der Waals surface area contributed by atoms with Crippen LogP contribution < -0.4 is 11.1 Å². The molecule has 0 aromatic heterocycles. The number of hydrogen-bond acceptors (Lipinski definition) is 2. The number of benzene rings is 1. The van der Waals surface area contributed by atoms with E-state index in [1.54, 1.807) is 0 Å². The molecule has 3 nitrogen and oxygen atoms in total. The molecule has 19 heavy (non-hydrogen) atoms. The van der Waals surface area contributed by atoms with Gasteiger partial charge in [0.2, 0.25) is 5.91 Å². The maximum absolute atomic E-state index is 13.2. The maximum Gasteiger partial charge on any atom is 0.224 e. The number of carbonyl (C=O) groups is 1.